The molecule has 1 aromatic heterocycles. The number of likely N-dealkylation sites (tertiary alicyclic amines) is 1. The minimum absolute atomic E-state index is 0.129. The summed E-state index contributed by atoms with van der Waals surface area (Å²) in [6.45, 7) is 6.17. The quantitative estimate of drug-likeness (QED) is 0.906. The van der Waals surface area contributed by atoms with Gasteiger partial charge in [-0.25, -0.2) is 0 Å². The molecule has 0 unspecified atom stereocenters. The summed E-state index contributed by atoms with van der Waals surface area (Å²) in [7, 11) is 0. The van der Waals surface area contributed by atoms with E-state index >= 15 is 0 Å². The standard InChI is InChI=1S/C17H26N4O2/c1-13-10-19-15(11-18-13)12-20-17(22)14-2-6-21(7-3-14)16-4-8-23-9-5-16/h10-11,14,16H,2-9,12H2,1H3,(H,20,22). The third kappa shape index (κ3) is 4.48. The molecule has 0 atom stereocenters. The molecule has 2 saturated heterocycles. The van der Waals surface area contributed by atoms with E-state index in [0.29, 0.717) is 12.6 Å². The summed E-state index contributed by atoms with van der Waals surface area (Å²) in [6, 6.07) is 0.649. The number of rotatable bonds is 4. The molecule has 1 aromatic rings. The SMILES string of the molecule is Cc1cnc(CNC(=O)C2CCN(C3CCOCC3)CC2)cn1. The van der Waals surface area contributed by atoms with Crippen LogP contribution in [0.3, 0.4) is 0 Å². The number of nitrogens with zero attached hydrogens (tertiary/aromatic N) is 3. The summed E-state index contributed by atoms with van der Waals surface area (Å²) in [5, 5.41) is 3.00. The van der Waals surface area contributed by atoms with E-state index in [0.717, 1.165) is 63.4 Å². The molecule has 6 heteroatoms. The first-order valence-electron chi connectivity index (χ1n) is 8.59. The van der Waals surface area contributed by atoms with E-state index in [2.05, 4.69) is 20.2 Å². The molecule has 1 N–H and O–H groups in total. The maximum atomic E-state index is 12.3. The van der Waals surface area contributed by atoms with E-state index < -0.39 is 0 Å². The molecule has 126 valence electrons. The Hall–Kier alpha value is -1.53. The topological polar surface area (TPSA) is 67.4 Å². The monoisotopic (exact) mass is 318 g/mol. The van der Waals surface area contributed by atoms with Gasteiger partial charge in [0.25, 0.3) is 0 Å². The number of carbonyl (C=O) groups excluding carboxylic acids is 1. The predicted octanol–water partition coefficient (Wildman–Crippen LogP) is 1.29. The Bertz CT molecular complexity index is 506. The van der Waals surface area contributed by atoms with E-state index in [9.17, 15) is 4.79 Å². The number of amides is 1. The highest BCUT2D eigenvalue weighted by Gasteiger charge is 2.29. The molecule has 0 saturated carbocycles. The van der Waals surface area contributed by atoms with E-state index in [-0.39, 0.29) is 11.8 Å². The second kappa shape index (κ2) is 7.84. The Morgan fingerprint density at radius 3 is 2.61 bits per heavy atom. The summed E-state index contributed by atoms with van der Waals surface area (Å²) >= 11 is 0. The number of aromatic nitrogens is 2. The second-order valence-corrected chi connectivity index (χ2v) is 6.52. The van der Waals surface area contributed by atoms with Crippen LogP contribution >= 0.6 is 0 Å². The van der Waals surface area contributed by atoms with Crippen molar-refractivity contribution in [2.45, 2.75) is 45.2 Å². The van der Waals surface area contributed by atoms with Crippen molar-refractivity contribution in [1.29, 1.82) is 0 Å². The lowest BCUT2D eigenvalue weighted by molar-refractivity contribution is -0.127. The summed E-state index contributed by atoms with van der Waals surface area (Å²) in [5.41, 5.74) is 1.70. The number of piperidine rings is 1. The lowest BCUT2D eigenvalue weighted by Gasteiger charge is -2.38. The number of aryl methyl sites for hydroxylation is 1. The van der Waals surface area contributed by atoms with Crippen LogP contribution in [0.15, 0.2) is 12.4 Å². The molecule has 0 aliphatic carbocycles. The van der Waals surface area contributed by atoms with Crippen LogP contribution in [0.5, 0.6) is 0 Å². The van der Waals surface area contributed by atoms with Crippen LogP contribution < -0.4 is 5.32 Å². The van der Waals surface area contributed by atoms with Gasteiger partial charge in [-0.05, 0) is 45.7 Å². The number of carbonyl (C=O) groups is 1. The van der Waals surface area contributed by atoms with Gasteiger partial charge in [0.1, 0.15) is 0 Å². The number of nitrogens with one attached hydrogen (secondary N) is 1. The van der Waals surface area contributed by atoms with Crippen LogP contribution in [0, 0.1) is 12.8 Å². The van der Waals surface area contributed by atoms with Crippen LogP contribution in [0.4, 0.5) is 0 Å². The average Bonchev–Trinajstić information content (AvgIpc) is 2.62. The Balaban J connectivity index is 1.41. The summed E-state index contributed by atoms with van der Waals surface area (Å²) < 4.78 is 5.43. The van der Waals surface area contributed by atoms with Crippen LogP contribution in [0.2, 0.25) is 0 Å². The van der Waals surface area contributed by atoms with Crippen LogP contribution in [-0.4, -0.2) is 53.1 Å². The normalized spacial score (nSPS) is 21.3. The average molecular weight is 318 g/mol. The van der Waals surface area contributed by atoms with E-state index in [4.69, 9.17) is 4.74 Å². The van der Waals surface area contributed by atoms with Crippen LogP contribution in [0.1, 0.15) is 37.1 Å². The molecule has 3 rings (SSSR count). The molecule has 2 aliphatic rings. The van der Waals surface area contributed by atoms with Crippen molar-refractivity contribution in [3.8, 4) is 0 Å². The van der Waals surface area contributed by atoms with Gasteiger partial charge in [-0.2, -0.15) is 0 Å². The van der Waals surface area contributed by atoms with Crippen molar-refractivity contribution in [3.05, 3.63) is 23.8 Å². The number of ether oxygens (including phenoxy) is 1. The van der Waals surface area contributed by atoms with Crippen LogP contribution in [-0.2, 0) is 16.1 Å². The van der Waals surface area contributed by atoms with Gasteiger partial charge in [-0.1, -0.05) is 0 Å². The maximum absolute atomic E-state index is 12.3. The molecular formula is C17H26N4O2. The molecule has 2 fully saturated rings. The summed E-state index contributed by atoms with van der Waals surface area (Å²) in [4.78, 5) is 23.3. The first-order chi connectivity index (χ1) is 11.2. The maximum Gasteiger partial charge on any atom is 0.223 e. The molecular weight excluding hydrogens is 292 g/mol. The first kappa shape index (κ1) is 16.3. The Labute approximate surface area is 137 Å². The zero-order valence-electron chi connectivity index (χ0n) is 13.8. The number of hydrogen-bond acceptors (Lipinski definition) is 5. The lowest BCUT2D eigenvalue weighted by Crippen LogP contribution is -2.46. The van der Waals surface area contributed by atoms with E-state index in [1.165, 1.54) is 0 Å². The molecule has 3 heterocycles. The fraction of sp³-hybridized carbons (Fsp3) is 0.706. The van der Waals surface area contributed by atoms with Crippen molar-refractivity contribution in [2.24, 2.45) is 5.92 Å². The first-order valence-corrected chi connectivity index (χ1v) is 8.59. The fourth-order valence-electron chi connectivity index (χ4n) is 3.41. The van der Waals surface area contributed by atoms with E-state index in [1.54, 1.807) is 12.4 Å². The largest absolute Gasteiger partial charge is 0.381 e. The zero-order chi connectivity index (χ0) is 16.1. The van der Waals surface area contributed by atoms with Gasteiger partial charge in [-0.15, -0.1) is 0 Å². The molecule has 23 heavy (non-hydrogen) atoms. The van der Waals surface area contributed by atoms with Gasteiger partial charge in [0.2, 0.25) is 5.91 Å². The molecule has 0 spiro atoms. The third-order valence-electron chi connectivity index (χ3n) is 4.89. The fourth-order valence-corrected chi connectivity index (χ4v) is 3.41. The van der Waals surface area contributed by atoms with Crippen molar-refractivity contribution in [3.63, 3.8) is 0 Å². The van der Waals surface area contributed by atoms with Crippen molar-refractivity contribution >= 4 is 5.91 Å². The van der Waals surface area contributed by atoms with E-state index in [1.807, 2.05) is 6.92 Å². The predicted molar refractivity (Wildman–Crippen MR) is 86.8 cm³/mol. The summed E-state index contributed by atoms with van der Waals surface area (Å²) in [6.07, 6.45) is 7.61. The van der Waals surface area contributed by atoms with Crippen LogP contribution in [0.25, 0.3) is 0 Å². The highest BCUT2D eigenvalue weighted by atomic mass is 16.5. The van der Waals surface area contributed by atoms with Gasteiger partial charge in [0.05, 0.1) is 24.1 Å². The van der Waals surface area contributed by atoms with Gasteiger partial charge in [0, 0.05) is 31.4 Å². The molecule has 0 aromatic carbocycles. The zero-order valence-corrected chi connectivity index (χ0v) is 13.8. The minimum Gasteiger partial charge on any atom is -0.381 e. The summed E-state index contributed by atoms with van der Waals surface area (Å²) in [5.74, 6) is 0.281. The Kier molecular flexibility index (Phi) is 5.56. The van der Waals surface area contributed by atoms with Gasteiger partial charge >= 0.3 is 0 Å². The molecule has 0 bridgehead atoms. The molecule has 6 nitrogen and oxygen atoms in total. The Morgan fingerprint density at radius 2 is 1.96 bits per heavy atom. The smallest absolute Gasteiger partial charge is 0.223 e. The van der Waals surface area contributed by atoms with Crippen molar-refractivity contribution in [2.75, 3.05) is 26.3 Å². The highest BCUT2D eigenvalue weighted by Crippen LogP contribution is 2.23. The molecule has 0 radical (unpaired) electrons. The minimum atomic E-state index is 0.129. The highest BCUT2D eigenvalue weighted by molar-refractivity contribution is 5.78. The third-order valence-corrected chi connectivity index (χ3v) is 4.89. The van der Waals surface area contributed by atoms with Crippen molar-refractivity contribution in [1.82, 2.24) is 20.2 Å². The number of hydrogen-bond donors (Lipinski definition) is 1. The molecule has 1 amide bonds. The van der Waals surface area contributed by atoms with Gasteiger partial charge in [-0.3, -0.25) is 14.8 Å². The second-order valence-electron chi connectivity index (χ2n) is 6.52. The van der Waals surface area contributed by atoms with Gasteiger partial charge in [0.15, 0.2) is 0 Å². The lowest BCUT2D eigenvalue weighted by atomic mass is 9.93. The van der Waals surface area contributed by atoms with Gasteiger partial charge < -0.3 is 15.0 Å². The van der Waals surface area contributed by atoms with Crippen molar-refractivity contribution < 1.29 is 9.53 Å². The Morgan fingerprint density at radius 1 is 1.22 bits per heavy atom. The molecule has 2 aliphatic heterocycles.